The lowest BCUT2D eigenvalue weighted by Gasteiger charge is -2.24. The maximum atomic E-state index is 4.58. The van der Waals surface area contributed by atoms with E-state index in [1.807, 2.05) is 7.05 Å². The van der Waals surface area contributed by atoms with Crippen molar-refractivity contribution in [3.8, 4) is 0 Å². The molecule has 23 heavy (non-hydrogen) atoms. The van der Waals surface area contributed by atoms with Gasteiger partial charge in [-0.2, -0.15) is 0 Å². The Morgan fingerprint density at radius 3 is 2.35 bits per heavy atom. The van der Waals surface area contributed by atoms with E-state index in [2.05, 4.69) is 45.5 Å². The molecule has 3 nitrogen and oxygen atoms in total. The van der Waals surface area contributed by atoms with Gasteiger partial charge in [0.05, 0.1) is 0 Å². The van der Waals surface area contributed by atoms with Crippen molar-refractivity contribution in [2.24, 2.45) is 16.8 Å². The summed E-state index contributed by atoms with van der Waals surface area (Å²) >= 11 is 0. The molecule has 3 fully saturated rings. The van der Waals surface area contributed by atoms with E-state index >= 15 is 0 Å². The Hall–Kier alpha value is -1.51. The third kappa shape index (κ3) is 2.98. The molecule has 0 aromatic heterocycles. The molecule has 0 spiro atoms. The summed E-state index contributed by atoms with van der Waals surface area (Å²) in [5.41, 5.74) is 1.84. The highest BCUT2D eigenvalue weighted by Crippen LogP contribution is 2.47. The summed E-state index contributed by atoms with van der Waals surface area (Å²) in [6, 6.07) is 11.0. The summed E-state index contributed by atoms with van der Waals surface area (Å²) < 4.78 is 0. The Balaban J connectivity index is 1.38. The minimum atomic E-state index is 0.351. The first-order chi connectivity index (χ1) is 11.3. The van der Waals surface area contributed by atoms with Crippen LogP contribution in [0.2, 0.25) is 0 Å². The summed E-state index contributed by atoms with van der Waals surface area (Å²) in [7, 11) is 1.94. The molecular weight excluding hydrogens is 282 g/mol. The molecular formula is C20H29N3. The van der Waals surface area contributed by atoms with Crippen LogP contribution in [0.1, 0.15) is 44.1 Å². The fourth-order valence-electron chi connectivity index (χ4n) is 4.67. The van der Waals surface area contributed by atoms with Gasteiger partial charge in [-0.15, -0.1) is 0 Å². The zero-order valence-corrected chi connectivity index (χ0v) is 14.3. The summed E-state index contributed by atoms with van der Waals surface area (Å²) in [4.78, 5) is 7.10. The monoisotopic (exact) mass is 311 g/mol. The van der Waals surface area contributed by atoms with Crippen LogP contribution >= 0.6 is 0 Å². The van der Waals surface area contributed by atoms with Crippen molar-refractivity contribution in [2.45, 2.75) is 43.9 Å². The first kappa shape index (κ1) is 15.0. The standard InChI is InChI=1S/C20H29N3/c1-21-19(23-13-16-7-5-6-8-17(16)14-23)22-15-20(11-12-20)18-9-3-2-4-10-18/h2-4,9-10,16-17H,5-8,11-15H2,1H3,(H,21,22). The molecule has 0 radical (unpaired) electrons. The van der Waals surface area contributed by atoms with Gasteiger partial charge < -0.3 is 10.2 Å². The topological polar surface area (TPSA) is 27.6 Å². The maximum absolute atomic E-state index is 4.58. The Bertz CT molecular complexity index is 548. The van der Waals surface area contributed by atoms with Crippen molar-refractivity contribution in [1.29, 1.82) is 0 Å². The lowest BCUT2D eigenvalue weighted by Crippen LogP contribution is -2.43. The van der Waals surface area contributed by atoms with E-state index in [1.165, 1.54) is 57.2 Å². The summed E-state index contributed by atoms with van der Waals surface area (Å²) in [5, 5.41) is 3.70. The van der Waals surface area contributed by atoms with Gasteiger partial charge >= 0.3 is 0 Å². The van der Waals surface area contributed by atoms with E-state index < -0.39 is 0 Å². The Morgan fingerprint density at radius 1 is 1.13 bits per heavy atom. The Labute approximate surface area is 140 Å². The SMILES string of the molecule is CN=C(NCC1(c2ccccc2)CC1)N1CC2CCCCC2C1. The molecule has 0 amide bonds. The van der Waals surface area contributed by atoms with Crippen molar-refractivity contribution in [3.63, 3.8) is 0 Å². The minimum absolute atomic E-state index is 0.351. The number of hydrogen-bond acceptors (Lipinski definition) is 1. The minimum Gasteiger partial charge on any atom is -0.355 e. The van der Waals surface area contributed by atoms with Crippen LogP contribution < -0.4 is 5.32 Å². The van der Waals surface area contributed by atoms with Gasteiger partial charge in [0, 0.05) is 32.1 Å². The van der Waals surface area contributed by atoms with Crippen LogP contribution in [0.15, 0.2) is 35.3 Å². The molecule has 4 rings (SSSR count). The van der Waals surface area contributed by atoms with Gasteiger partial charge in [0.25, 0.3) is 0 Å². The highest BCUT2D eigenvalue weighted by Gasteiger charge is 2.44. The lowest BCUT2D eigenvalue weighted by atomic mass is 9.82. The molecule has 2 aliphatic carbocycles. The van der Waals surface area contributed by atoms with Crippen LogP contribution in [0.3, 0.4) is 0 Å². The second-order valence-corrected chi connectivity index (χ2v) is 7.76. The van der Waals surface area contributed by atoms with Gasteiger partial charge in [0.15, 0.2) is 5.96 Å². The number of aliphatic imine (C=N–C) groups is 1. The van der Waals surface area contributed by atoms with Crippen LogP contribution in [-0.4, -0.2) is 37.5 Å². The average molecular weight is 311 g/mol. The van der Waals surface area contributed by atoms with Crippen molar-refractivity contribution in [3.05, 3.63) is 35.9 Å². The van der Waals surface area contributed by atoms with Crippen LogP contribution in [-0.2, 0) is 5.41 Å². The van der Waals surface area contributed by atoms with Gasteiger partial charge in [0.2, 0.25) is 0 Å². The number of rotatable bonds is 3. The Morgan fingerprint density at radius 2 is 1.78 bits per heavy atom. The van der Waals surface area contributed by atoms with E-state index in [9.17, 15) is 0 Å². The molecule has 3 heteroatoms. The number of fused-ring (bicyclic) bond motifs is 1. The average Bonchev–Trinajstić information content (AvgIpc) is 3.27. The fraction of sp³-hybridized carbons (Fsp3) is 0.650. The molecule has 3 aliphatic rings. The fourth-order valence-corrected chi connectivity index (χ4v) is 4.67. The molecule has 2 unspecified atom stereocenters. The van der Waals surface area contributed by atoms with E-state index in [-0.39, 0.29) is 0 Å². The quantitative estimate of drug-likeness (QED) is 0.684. The number of hydrogen-bond donors (Lipinski definition) is 1. The van der Waals surface area contributed by atoms with E-state index in [4.69, 9.17) is 0 Å². The summed E-state index contributed by atoms with van der Waals surface area (Å²) in [6.07, 6.45) is 8.30. The molecule has 1 aromatic rings. The molecule has 0 bridgehead atoms. The molecule has 2 atom stereocenters. The maximum Gasteiger partial charge on any atom is 0.193 e. The van der Waals surface area contributed by atoms with Gasteiger partial charge in [-0.25, -0.2) is 0 Å². The zero-order valence-electron chi connectivity index (χ0n) is 14.3. The number of nitrogens with one attached hydrogen (secondary N) is 1. The third-order valence-corrected chi connectivity index (χ3v) is 6.31. The highest BCUT2D eigenvalue weighted by molar-refractivity contribution is 5.80. The first-order valence-corrected chi connectivity index (χ1v) is 9.32. The van der Waals surface area contributed by atoms with E-state index in [1.54, 1.807) is 0 Å². The molecule has 2 saturated carbocycles. The van der Waals surface area contributed by atoms with E-state index in [0.717, 1.165) is 24.3 Å². The molecule has 124 valence electrons. The van der Waals surface area contributed by atoms with Gasteiger partial charge in [-0.05, 0) is 43.1 Å². The largest absolute Gasteiger partial charge is 0.355 e. The van der Waals surface area contributed by atoms with Gasteiger partial charge in [0.1, 0.15) is 0 Å². The molecule has 1 saturated heterocycles. The van der Waals surface area contributed by atoms with Crippen molar-refractivity contribution in [1.82, 2.24) is 10.2 Å². The molecule has 1 aliphatic heterocycles. The number of nitrogens with zero attached hydrogens (tertiary/aromatic N) is 2. The smallest absolute Gasteiger partial charge is 0.193 e. The molecule has 1 aromatic carbocycles. The third-order valence-electron chi connectivity index (χ3n) is 6.31. The van der Waals surface area contributed by atoms with Crippen LogP contribution in [0.5, 0.6) is 0 Å². The van der Waals surface area contributed by atoms with Crippen molar-refractivity contribution >= 4 is 5.96 Å². The van der Waals surface area contributed by atoms with Crippen LogP contribution in [0.25, 0.3) is 0 Å². The van der Waals surface area contributed by atoms with Gasteiger partial charge in [-0.1, -0.05) is 43.2 Å². The normalized spacial score (nSPS) is 29.3. The number of benzene rings is 1. The predicted molar refractivity (Wildman–Crippen MR) is 95.7 cm³/mol. The second-order valence-electron chi connectivity index (χ2n) is 7.76. The lowest BCUT2D eigenvalue weighted by molar-refractivity contribution is 0.299. The molecule has 1 N–H and O–H groups in total. The Kier molecular flexibility index (Phi) is 4.04. The first-order valence-electron chi connectivity index (χ1n) is 9.32. The van der Waals surface area contributed by atoms with Crippen molar-refractivity contribution in [2.75, 3.05) is 26.7 Å². The van der Waals surface area contributed by atoms with Crippen LogP contribution in [0, 0.1) is 11.8 Å². The van der Waals surface area contributed by atoms with Gasteiger partial charge in [-0.3, -0.25) is 4.99 Å². The van der Waals surface area contributed by atoms with Crippen molar-refractivity contribution < 1.29 is 0 Å². The number of guanidine groups is 1. The highest BCUT2D eigenvalue weighted by atomic mass is 15.3. The van der Waals surface area contributed by atoms with E-state index in [0.29, 0.717) is 5.41 Å². The van der Waals surface area contributed by atoms with Crippen LogP contribution in [0.4, 0.5) is 0 Å². The zero-order chi connectivity index (χ0) is 15.7. The predicted octanol–water partition coefficient (Wildman–Crippen LogP) is 3.42. The summed E-state index contributed by atoms with van der Waals surface area (Å²) in [6.45, 7) is 3.45. The second kappa shape index (κ2) is 6.18. The summed E-state index contributed by atoms with van der Waals surface area (Å²) in [5.74, 6) is 2.94. The molecule has 1 heterocycles. The number of likely N-dealkylation sites (tertiary alicyclic amines) is 1.